The summed E-state index contributed by atoms with van der Waals surface area (Å²) in [6.45, 7) is 1.62. The highest BCUT2D eigenvalue weighted by Gasteiger charge is 2.45. The average Bonchev–Trinajstić information content (AvgIpc) is 3.51. The first-order valence-electron chi connectivity index (χ1n) is 9.55. The number of allylic oxidation sites excluding steroid dienone is 1. The maximum atomic E-state index is 13.1. The average molecular weight is 450 g/mol. The van der Waals surface area contributed by atoms with E-state index in [1.54, 1.807) is 49.4 Å². The molecule has 0 radical (unpaired) electrons. The topological polar surface area (TPSA) is 110 Å². The summed E-state index contributed by atoms with van der Waals surface area (Å²) < 4.78 is 9.97. The SMILES string of the molecule is COC(=O)c1sc(N2C(=O)C(O)=C(C(=O)C=Cc3ccco3)C2c2ccccc2)nc1C. The van der Waals surface area contributed by atoms with Gasteiger partial charge in [-0.25, -0.2) is 9.78 Å². The fourth-order valence-corrected chi connectivity index (χ4v) is 4.42. The Bertz CT molecular complexity index is 1240. The van der Waals surface area contributed by atoms with Crippen molar-refractivity contribution in [3.8, 4) is 0 Å². The number of aryl methyl sites for hydroxylation is 1. The summed E-state index contributed by atoms with van der Waals surface area (Å²) in [5, 5.41) is 10.8. The number of aliphatic hydroxyl groups is 1. The van der Waals surface area contributed by atoms with E-state index < -0.39 is 29.5 Å². The van der Waals surface area contributed by atoms with E-state index in [9.17, 15) is 19.5 Å². The molecule has 1 aliphatic heterocycles. The molecule has 3 aromatic rings. The van der Waals surface area contributed by atoms with Crippen LogP contribution in [0.1, 0.15) is 32.7 Å². The molecule has 9 heteroatoms. The van der Waals surface area contributed by atoms with Gasteiger partial charge in [0.05, 0.1) is 30.7 Å². The minimum Gasteiger partial charge on any atom is -0.503 e. The molecule has 32 heavy (non-hydrogen) atoms. The number of ether oxygens (including phenoxy) is 1. The molecule has 1 unspecified atom stereocenters. The van der Waals surface area contributed by atoms with Gasteiger partial charge in [-0.15, -0.1) is 0 Å². The molecule has 1 aromatic carbocycles. The van der Waals surface area contributed by atoms with Crippen LogP contribution in [0.3, 0.4) is 0 Å². The van der Waals surface area contributed by atoms with Crippen molar-refractivity contribution in [2.75, 3.05) is 12.0 Å². The number of furan rings is 1. The lowest BCUT2D eigenvalue weighted by atomic mass is 9.96. The standard InChI is InChI=1S/C23H18N2O6S/c1-13-20(22(29)30-2)32-23(24-13)25-18(14-7-4-3-5-8-14)17(19(27)21(25)28)16(26)11-10-15-9-6-12-31-15/h3-12,18,27H,1-2H3. The van der Waals surface area contributed by atoms with Gasteiger partial charge in [0.1, 0.15) is 10.6 Å². The minimum absolute atomic E-state index is 0.0866. The van der Waals surface area contributed by atoms with Gasteiger partial charge in [0, 0.05) is 0 Å². The highest BCUT2D eigenvalue weighted by Crippen LogP contribution is 2.43. The number of amides is 1. The predicted octanol–water partition coefficient (Wildman–Crippen LogP) is 4.01. The molecular weight excluding hydrogens is 432 g/mol. The number of benzene rings is 1. The number of carbonyl (C=O) groups is 3. The van der Waals surface area contributed by atoms with Crippen molar-refractivity contribution in [1.82, 2.24) is 4.98 Å². The van der Waals surface area contributed by atoms with Crippen LogP contribution in [0.4, 0.5) is 5.13 Å². The number of hydrogen-bond acceptors (Lipinski definition) is 8. The first-order chi connectivity index (χ1) is 15.4. The fraction of sp³-hybridized carbons (Fsp3) is 0.130. The Morgan fingerprint density at radius 2 is 1.97 bits per heavy atom. The summed E-state index contributed by atoms with van der Waals surface area (Å²) in [6.07, 6.45) is 4.17. The number of thiazole rings is 1. The van der Waals surface area contributed by atoms with Gasteiger partial charge in [-0.05, 0) is 36.8 Å². The monoisotopic (exact) mass is 450 g/mol. The van der Waals surface area contributed by atoms with E-state index in [0.717, 1.165) is 11.3 Å². The number of aromatic nitrogens is 1. The Balaban J connectivity index is 1.79. The van der Waals surface area contributed by atoms with Gasteiger partial charge < -0.3 is 14.3 Å². The Morgan fingerprint density at radius 3 is 2.62 bits per heavy atom. The van der Waals surface area contributed by atoms with E-state index in [1.807, 2.05) is 0 Å². The van der Waals surface area contributed by atoms with Crippen LogP contribution in [0, 0.1) is 6.92 Å². The van der Waals surface area contributed by atoms with Crippen LogP contribution >= 0.6 is 11.3 Å². The highest BCUT2D eigenvalue weighted by molar-refractivity contribution is 7.17. The van der Waals surface area contributed by atoms with Gasteiger partial charge in [0.15, 0.2) is 16.7 Å². The molecule has 0 bridgehead atoms. The molecule has 1 aliphatic rings. The summed E-state index contributed by atoms with van der Waals surface area (Å²) in [4.78, 5) is 44.0. The van der Waals surface area contributed by atoms with Crippen molar-refractivity contribution < 1.29 is 28.6 Å². The van der Waals surface area contributed by atoms with Crippen molar-refractivity contribution in [1.29, 1.82) is 0 Å². The number of nitrogens with zero attached hydrogens (tertiary/aromatic N) is 2. The molecule has 162 valence electrons. The van der Waals surface area contributed by atoms with Crippen molar-refractivity contribution in [2.24, 2.45) is 0 Å². The molecule has 0 spiro atoms. The van der Waals surface area contributed by atoms with E-state index in [0.29, 0.717) is 17.0 Å². The Kier molecular flexibility index (Phi) is 5.74. The zero-order valence-electron chi connectivity index (χ0n) is 17.1. The van der Waals surface area contributed by atoms with Crippen LogP contribution in [-0.2, 0) is 14.3 Å². The summed E-state index contributed by atoms with van der Waals surface area (Å²) in [7, 11) is 1.25. The third kappa shape index (κ3) is 3.74. The number of esters is 1. The van der Waals surface area contributed by atoms with Crippen LogP contribution in [0.5, 0.6) is 0 Å². The molecule has 0 saturated heterocycles. The molecule has 1 amide bonds. The van der Waals surface area contributed by atoms with Crippen molar-refractivity contribution in [3.05, 3.63) is 88.0 Å². The van der Waals surface area contributed by atoms with Crippen LogP contribution in [0.25, 0.3) is 6.08 Å². The van der Waals surface area contributed by atoms with Crippen LogP contribution < -0.4 is 4.90 Å². The van der Waals surface area contributed by atoms with Crippen LogP contribution in [0.2, 0.25) is 0 Å². The first kappa shape index (κ1) is 21.3. The molecule has 0 aliphatic carbocycles. The molecular formula is C23H18N2O6S. The molecule has 0 fully saturated rings. The number of carbonyl (C=O) groups excluding carboxylic acids is 3. The zero-order chi connectivity index (χ0) is 22.8. The lowest BCUT2D eigenvalue weighted by molar-refractivity contribution is -0.117. The van der Waals surface area contributed by atoms with E-state index >= 15 is 0 Å². The third-order valence-corrected chi connectivity index (χ3v) is 6.03. The predicted molar refractivity (Wildman–Crippen MR) is 117 cm³/mol. The number of methoxy groups -OCH3 is 1. The van der Waals surface area contributed by atoms with Crippen molar-refractivity contribution >= 4 is 40.2 Å². The maximum Gasteiger partial charge on any atom is 0.350 e. The maximum absolute atomic E-state index is 13.1. The first-order valence-corrected chi connectivity index (χ1v) is 10.4. The second-order valence-electron chi connectivity index (χ2n) is 6.87. The van der Waals surface area contributed by atoms with E-state index in [1.165, 1.54) is 30.4 Å². The molecule has 2 aromatic heterocycles. The molecule has 1 atom stereocenters. The third-order valence-electron chi connectivity index (χ3n) is 4.89. The molecule has 1 N–H and O–H groups in total. The summed E-state index contributed by atoms with van der Waals surface area (Å²) in [5.41, 5.74) is 0.900. The number of aliphatic hydroxyl groups excluding tert-OH is 1. The molecule has 8 nitrogen and oxygen atoms in total. The van der Waals surface area contributed by atoms with Crippen molar-refractivity contribution in [3.63, 3.8) is 0 Å². The zero-order valence-corrected chi connectivity index (χ0v) is 18.0. The summed E-state index contributed by atoms with van der Waals surface area (Å²) >= 11 is 0.956. The lowest BCUT2D eigenvalue weighted by Crippen LogP contribution is -2.30. The number of ketones is 1. The van der Waals surface area contributed by atoms with Gasteiger partial charge >= 0.3 is 5.97 Å². The number of anilines is 1. The fourth-order valence-electron chi connectivity index (χ4n) is 3.41. The van der Waals surface area contributed by atoms with E-state index in [4.69, 9.17) is 9.15 Å². The van der Waals surface area contributed by atoms with Gasteiger partial charge in [-0.1, -0.05) is 41.7 Å². The van der Waals surface area contributed by atoms with Gasteiger partial charge in [0.25, 0.3) is 5.91 Å². The van der Waals surface area contributed by atoms with Gasteiger partial charge in [-0.2, -0.15) is 0 Å². The normalized spacial score (nSPS) is 16.2. The van der Waals surface area contributed by atoms with E-state index in [2.05, 4.69) is 4.98 Å². The molecule has 0 saturated carbocycles. The van der Waals surface area contributed by atoms with Crippen molar-refractivity contribution in [2.45, 2.75) is 13.0 Å². The lowest BCUT2D eigenvalue weighted by Gasteiger charge is -2.24. The van der Waals surface area contributed by atoms with Crippen LogP contribution in [-0.4, -0.2) is 34.9 Å². The molecule has 3 heterocycles. The van der Waals surface area contributed by atoms with Crippen LogP contribution in [0.15, 0.2) is 70.6 Å². The van der Waals surface area contributed by atoms with Gasteiger partial charge in [0.2, 0.25) is 0 Å². The largest absolute Gasteiger partial charge is 0.503 e. The number of hydrogen-bond donors (Lipinski definition) is 1. The highest BCUT2D eigenvalue weighted by atomic mass is 32.1. The van der Waals surface area contributed by atoms with Gasteiger partial charge in [-0.3, -0.25) is 14.5 Å². The Labute approximate surface area is 187 Å². The summed E-state index contributed by atoms with van der Waals surface area (Å²) in [6, 6.07) is 11.2. The second kappa shape index (κ2) is 8.64. The Hall–Kier alpha value is -3.98. The van der Waals surface area contributed by atoms with E-state index in [-0.39, 0.29) is 15.6 Å². The smallest absolute Gasteiger partial charge is 0.350 e. The molecule has 4 rings (SSSR count). The number of rotatable bonds is 6. The quantitative estimate of drug-likeness (QED) is 0.446. The Morgan fingerprint density at radius 1 is 1.22 bits per heavy atom. The minimum atomic E-state index is -0.923. The summed E-state index contributed by atoms with van der Waals surface area (Å²) in [5.74, 6) is -2.12. The second-order valence-corrected chi connectivity index (χ2v) is 7.84.